The number of hydrogen-bond donors (Lipinski definition) is 3. The van der Waals surface area contributed by atoms with Gasteiger partial charge in [0.1, 0.15) is 10.6 Å². The second kappa shape index (κ2) is 7.95. The zero-order chi connectivity index (χ0) is 23.5. The van der Waals surface area contributed by atoms with Crippen LogP contribution in [0.1, 0.15) is 72.4 Å². The predicted octanol–water partition coefficient (Wildman–Crippen LogP) is 4.80. The summed E-state index contributed by atoms with van der Waals surface area (Å²) in [5.41, 5.74) is 7.71. The largest absolute Gasteiger partial charge is 0.393 e. The first-order chi connectivity index (χ1) is 15.6. The second-order valence-electron chi connectivity index (χ2n) is 10.1. The number of aliphatic hydroxyl groups excluding tert-OH is 1. The SMILES string of the molecule is CC1(C)CC(=O)c2c(n(-c3cc(F)c(C(N)=O)c(NC4CCC(O)CC4)c3)c3sccc23)C1. The van der Waals surface area contributed by atoms with E-state index in [1.165, 1.54) is 17.4 Å². The highest BCUT2D eigenvalue weighted by atomic mass is 32.1. The number of nitrogens with one attached hydrogen (secondary N) is 1. The highest BCUT2D eigenvalue weighted by molar-refractivity contribution is 7.17. The first kappa shape index (κ1) is 22.1. The van der Waals surface area contributed by atoms with Crippen molar-refractivity contribution in [3.8, 4) is 5.69 Å². The van der Waals surface area contributed by atoms with Crippen molar-refractivity contribution in [2.75, 3.05) is 5.32 Å². The maximum Gasteiger partial charge on any atom is 0.253 e. The first-order valence-corrected chi connectivity index (χ1v) is 12.2. The predicted molar refractivity (Wildman–Crippen MR) is 128 cm³/mol. The summed E-state index contributed by atoms with van der Waals surface area (Å²) in [6.07, 6.45) is 3.61. The molecule has 2 aromatic heterocycles. The lowest BCUT2D eigenvalue weighted by Crippen LogP contribution is -2.30. The third-order valence-corrected chi connectivity index (χ3v) is 7.77. The minimum Gasteiger partial charge on any atom is -0.393 e. The number of hydrogen-bond acceptors (Lipinski definition) is 5. The summed E-state index contributed by atoms with van der Waals surface area (Å²) < 4.78 is 17.3. The van der Waals surface area contributed by atoms with Crippen molar-refractivity contribution in [1.29, 1.82) is 0 Å². The Morgan fingerprint density at radius 1 is 1.24 bits per heavy atom. The van der Waals surface area contributed by atoms with Gasteiger partial charge in [0.25, 0.3) is 5.91 Å². The zero-order valence-electron chi connectivity index (χ0n) is 18.8. The summed E-state index contributed by atoms with van der Waals surface area (Å²) in [5, 5.41) is 16.0. The molecule has 3 aromatic rings. The Balaban J connectivity index is 1.66. The van der Waals surface area contributed by atoms with Crippen LogP contribution in [0, 0.1) is 11.2 Å². The molecular weight excluding hydrogens is 441 g/mol. The van der Waals surface area contributed by atoms with E-state index in [9.17, 15) is 14.7 Å². The summed E-state index contributed by atoms with van der Waals surface area (Å²) >= 11 is 1.51. The Morgan fingerprint density at radius 2 is 1.97 bits per heavy atom. The number of nitrogens with zero attached hydrogens (tertiary/aromatic N) is 1. The average molecular weight is 470 g/mol. The molecule has 174 valence electrons. The van der Waals surface area contributed by atoms with E-state index in [4.69, 9.17) is 5.73 Å². The molecule has 5 rings (SSSR count). The van der Waals surface area contributed by atoms with Crippen LogP contribution in [0.4, 0.5) is 10.1 Å². The van der Waals surface area contributed by atoms with Gasteiger partial charge < -0.3 is 20.7 Å². The summed E-state index contributed by atoms with van der Waals surface area (Å²) in [5.74, 6) is -1.41. The van der Waals surface area contributed by atoms with Gasteiger partial charge in [0, 0.05) is 29.1 Å². The molecule has 2 aliphatic rings. The molecule has 0 saturated heterocycles. The number of thiophene rings is 1. The van der Waals surface area contributed by atoms with Crippen molar-refractivity contribution in [3.05, 3.63) is 46.2 Å². The van der Waals surface area contributed by atoms with Crippen LogP contribution in [-0.2, 0) is 6.42 Å². The van der Waals surface area contributed by atoms with Gasteiger partial charge in [-0.15, -0.1) is 11.3 Å². The lowest BCUT2D eigenvalue weighted by molar-refractivity contribution is 0.0911. The summed E-state index contributed by atoms with van der Waals surface area (Å²) in [6, 6.07) is 5.06. The Hall–Kier alpha value is -2.71. The molecule has 0 unspecified atom stereocenters. The van der Waals surface area contributed by atoms with Crippen molar-refractivity contribution in [2.24, 2.45) is 11.1 Å². The van der Waals surface area contributed by atoms with E-state index >= 15 is 4.39 Å². The number of fused-ring (bicyclic) bond motifs is 3. The molecule has 4 N–H and O–H groups in total. The number of amides is 1. The van der Waals surface area contributed by atoms with Crippen LogP contribution >= 0.6 is 11.3 Å². The summed E-state index contributed by atoms with van der Waals surface area (Å²) in [6.45, 7) is 4.14. The van der Waals surface area contributed by atoms with E-state index in [0.29, 0.717) is 37.1 Å². The first-order valence-electron chi connectivity index (χ1n) is 11.4. The lowest BCUT2D eigenvalue weighted by Gasteiger charge is -2.30. The fourth-order valence-electron chi connectivity index (χ4n) is 5.37. The van der Waals surface area contributed by atoms with Crippen molar-refractivity contribution in [2.45, 2.75) is 64.5 Å². The van der Waals surface area contributed by atoms with Crippen molar-refractivity contribution in [1.82, 2.24) is 4.57 Å². The number of ketones is 1. The highest BCUT2D eigenvalue weighted by Crippen LogP contribution is 2.43. The fourth-order valence-corrected chi connectivity index (χ4v) is 6.32. The second-order valence-corrected chi connectivity index (χ2v) is 11.0. The van der Waals surface area contributed by atoms with Gasteiger partial charge >= 0.3 is 0 Å². The average Bonchev–Trinajstić information content (AvgIpc) is 3.28. The molecule has 0 radical (unpaired) electrons. The quantitative estimate of drug-likeness (QED) is 0.511. The summed E-state index contributed by atoms with van der Waals surface area (Å²) in [4.78, 5) is 26.1. The normalized spacial score (nSPS) is 22.4. The number of primary amides is 1. The lowest BCUT2D eigenvalue weighted by atomic mass is 9.76. The van der Waals surface area contributed by atoms with Gasteiger partial charge in [0.2, 0.25) is 0 Å². The molecule has 1 amide bonds. The number of Topliss-reactive ketones (excluding diaryl/α,β-unsaturated/α-hetero) is 1. The number of carbonyl (C=O) groups is 2. The smallest absolute Gasteiger partial charge is 0.253 e. The molecule has 1 saturated carbocycles. The van der Waals surface area contributed by atoms with Crippen LogP contribution in [0.25, 0.3) is 15.9 Å². The van der Waals surface area contributed by atoms with Crippen LogP contribution in [0.2, 0.25) is 0 Å². The Labute approximate surface area is 195 Å². The maximum atomic E-state index is 15.3. The van der Waals surface area contributed by atoms with Crippen LogP contribution in [0.15, 0.2) is 23.6 Å². The van der Waals surface area contributed by atoms with Crippen LogP contribution in [0.3, 0.4) is 0 Å². The fraction of sp³-hybridized carbons (Fsp3) is 0.440. The Morgan fingerprint density at radius 3 is 2.67 bits per heavy atom. The molecule has 2 heterocycles. The van der Waals surface area contributed by atoms with E-state index in [2.05, 4.69) is 19.2 Å². The third kappa shape index (κ3) is 3.85. The Kier molecular flexibility index (Phi) is 5.33. The molecule has 33 heavy (non-hydrogen) atoms. The van der Waals surface area contributed by atoms with E-state index in [1.54, 1.807) is 6.07 Å². The van der Waals surface area contributed by atoms with Gasteiger partial charge in [0.05, 0.1) is 23.0 Å². The molecule has 0 bridgehead atoms. The van der Waals surface area contributed by atoms with E-state index in [-0.39, 0.29) is 28.9 Å². The van der Waals surface area contributed by atoms with Crippen molar-refractivity contribution in [3.63, 3.8) is 0 Å². The molecule has 0 spiro atoms. The minimum atomic E-state index is -0.829. The van der Waals surface area contributed by atoms with Crippen LogP contribution in [-0.4, -0.2) is 33.5 Å². The van der Waals surface area contributed by atoms with Gasteiger partial charge in [0.15, 0.2) is 5.78 Å². The molecule has 0 aliphatic heterocycles. The van der Waals surface area contributed by atoms with Crippen molar-refractivity contribution < 1.29 is 19.1 Å². The van der Waals surface area contributed by atoms with Crippen LogP contribution < -0.4 is 11.1 Å². The number of aromatic nitrogens is 1. The molecular formula is C25H28FN3O3S. The monoisotopic (exact) mass is 469 g/mol. The molecule has 8 heteroatoms. The number of nitrogens with two attached hydrogens (primary N) is 1. The third-order valence-electron chi connectivity index (χ3n) is 6.88. The molecule has 0 atom stereocenters. The summed E-state index contributed by atoms with van der Waals surface area (Å²) in [7, 11) is 0. The number of halogens is 1. The van der Waals surface area contributed by atoms with E-state index < -0.39 is 11.7 Å². The standard InChI is InChI=1S/C25H28FN3O3S/c1-25(2)11-19-21(20(31)12-25)16-7-8-33-24(16)29(19)14-9-17(26)22(23(27)32)18(10-14)28-13-3-5-15(30)6-4-13/h7-10,13,15,28,30H,3-6,11-12H2,1-2H3,(H2,27,32). The number of rotatable bonds is 4. The van der Waals surface area contributed by atoms with Gasteiger partial charge in [-0.3, -0.25) is 9.59 Å². The number of anilines is 1. The van der Waals surface area contributed by atoms with E-state index in [1.807, 2.05) is 16.0 Å². The topological polar surface area (TPSA) is 97.4 Å². The molecule has 6 nitrogen and oxygen atoms in total. The molecule has 1 fully saturated rings. The number of aliphatic hydroxyl groups is 1. The van der Waals surface area contributed by atoms with Gasteiger partial charge in [-0.05, 0) is 61.1 Å². The van der Waals surface area contributed by atoms with Gasteiger partial charge in [-0.2, -0.15) is 0 Å². The van der Waals surface area contributed by atoms with Gasteiger partial charge in [-0.1, -0.05) is 13.8 Å². The maximum absolute atomic E-state index is 15.3. The van der Waals surface area contributed by atoms with Crippen LogP contribution in [0.5, 0.6) is 0 Å². The zero-order valence-corrected chi connectivity index (χ0v) is 19.6. The van der Waals surface area contributed by atoms with Gasteiger partial charge in [-0.25, -0.2) is 4.39 Å². The number of carbonyl (C=O) groups excluding carboxylic acids is 2. The molecule has 1 aromatic carbocycles. The van der Waals surface area contributed by atoms with Crippen molar-refractivity contribution >= 4 is 38.9 Å². The molecule has 2 aliphatic carbocycles. The highest BCUT2D eigenvalue weighted by Gasteiger charge is 2.36. The minimum absolute atomic E-state index is 0.0157. The number of benzene rings is 1. The Bertz CT molecular complexity index is 1270. The van der Waals surface area contributed by atoms with E-state index in [0.717, 1.165) is 34.3 Å².